The van der Waals surface area contributed by atoms with Gasteiger partial charge in [0.25, 0.3) is 0 Å². The highest BCUT2D eigenvalue weighted by atomic mass is 32.2. The monoisotopic (exact) mass is 419 g/mol. The predicted octanol–water partition coefficient (Wildman–Crippen LogP) is 2.67. The largest absolute Gasteiger partial charge is 0.497 e. The lowest BCUT2D eigenvalue weighted by molar-refractivity contribution is -0.143. The van der Waals surface area contributed by atoms with Gasteiger partial charge < -0.3 is 14.6 Å². The van der Waals surface area contributed by atoms with Crippen LogP contribution in [-0.2, 0) is 14.6 Å². The van der Waals surface area contributed by atoms with Gasteiger partial charge in [-0.25, -0.2) is 8.42 Å². The number of ether oxygens (including phenoxy) is 2. The first kappa shape index (κ1) is 21.1. The summed E-state index contributed by atoms with van der Waals surface area (Å²) in [4.78, 5) is 13.5. The van der Waals surface area contributed by atoms with Gasteiger partial charge in [0, 0.05) is 13.1 Å². The Bertz CT molecular complexity index is 914. The van der Waals surface area contributed by atoms with E-state index in [2.05, 4.69) is 0 Å². The van der Waals surface area contributed by atoms with Gasteiger partial charge in [0.1, 0.15) is 23.5 Å². The molecule has 8 heteroatoms. The van der Waals surface area contributed by atoms with Crippen molar-refractivity contribution in [1.29, 1.82) is 0 Å². The minimum absolute atomic E-state index is 0.0506. The molecule has 1 saturated heterocycles. The van der Waals surface area contributed by atoms with Gasteiger partial charge >= 0.3 is 5.97 Å². The van der Waals surface area contributed by atoms with E-state index < -0.39 is 27.1 Å². The van der Waals surface area contributed by atoms with Crippen LogP contribution in [0.1, 0.15) is 12.8 Å². The molecule has 1 N–H and O–H groups in total. The molecule has 0 aliphatic carbocycles. The number of piperidine rings is 1. The number of aliphatic carboxylic acids is 1. The van der Waals surface area contributed by atoms with Crippen molar-refractivity contribution >= 4 is 15.8 Å². The lowest BCUT2D eigenvalue weighted by Gasteiger charge is -2.37. The number of hydrogen-bond donors (Lipinski definition) is 1. The van der Waals surface area contributed by atoms with Crippen molar-refractivity contribution < 1.29 is 27.8 Å². The molecule has 0 bridgehead atoms. The highest BCUT2D eigenvalue weighted by Crippen LogP contribution is 2.31. The Labute approximate surface area is 170 Å². The fourth-order valence-electron chi connectivity index (χ4n) is 3.50. The molecule has 1 aliphatic heterocycles. The Hall–Kier alpha value is -2.58. The van der Waals surface area contributed by atoms with Crippen LogP contribution in [0.2, 0.25) is 0 Å². The summed E-state index contributed by atoms with van der Waals surface area (Å²) in [6.07, 6.45) is 0.463. The van der Waals surface area contributed by atoms with Gasteiger partial charge in [-0.05, 0) is 49.2 Å². The number of nitrogens with zero attached hydrogens (tertiary/aromatic N) is 1. The van der Waals surface area contributed by atoms with Crippen LogP contribution in [0.25, 0.3) is 0 Å². The molecular weight excluding hydrogens is 394 g/mol. The zero-order valence-corrected chi connectivity index (χ0v) is 17.0. The lowest BCUT2D eigenvalue weighted by atomic mass is 9.97. The number of rotatable bonds is 8. The molecule has 2 aromatic rings. The van der Waals surface area contributed by atoms with E-state index in [1.54, 1.807) is 12.1 Å². The molecule has 156 valence electrons. The number of sulfone groups is 1. The number of carboxylic acids is 1. The molecule has 2 atom stereocenters. The van der Waals surface area contributed by atoms with Crippen LogP contribution < -0.4 is 9.47 Å². The standard InChI is InChI=1S/C21H25NO6S/c1-27-17-7-9-19(10-8-17)29(25,26)20-15-16(21(23)24)11-12-22(20)13-14-28-18-5-3-2-4-6-18/h2-10,16,20H,11-15H2,1H3,(H,23,24). The van der Waals surface area contributed by atoms with E-state index >= 15 is 0 Å². The minimum atomic E-state index is -3.75. The molecule has 7 nitrogen and oxygen atoms in total. The summed E-state index contributed by atoms with van der Waals surface area (Å²) in [7, 11) is -2.24. The minimum Gasteiger partial charge on any atom is -0.497 e. The number of carboxylic acid groups (broad SMARTS) is 1. The van der Waals surface area contributed by atoms with E-state index in [9.17, 15) is 18.3 Å². The van der Waals surface area contributed by atoms with Gasteiger partial charge in [0.05, 0.1) is 17.9 Å². The van der Waals surface area contributed by atoms with Gasteiger partial charge in [0.2, 0.25) is 0 Å². The topological polar surface area (TPSA) is 93.1 Å². The summed E-state index contributed by atoms with van der Waals surface area (Å²) < 4.78 is 37.4. The molecule has 0 spiro atoms. The molecule has 0 amide bonds. The number of likely N-dealkylation sites (tertiary alicyclic amines) is 1. The van der Waals surface area contributed by atoms with Crippen molar-refractivity contribution in [2.24, 2.45) is 5.92 Å². The first-order valence-corrected chi connectivity index (χ1v) is 11.0. The Morgan fingerprint density at radius 1 is 1.10 bits per heavy atom. The van der Waals surface area contributed by atoms with Crippen LogP contribution >= 0.6 is 0 Å². The maximum absolute atomic E-state index is 13.3. The third-order valence-electron chi connectivity index (χ3n) is 5.14. The van der Waals surface area contributed by atoms with Crippen LogP contribution in [0.5, 0.6) is 11.5 Å². The van der Waals surface area contributed by atoms with Crippen molar-refractivity contribution in [2.75, 3.05) is 26.8 Å². The molecule has 0 radical (unpaired) electrons. The average Bonchev–Trinajstić information content (AvgIpc) is 2.74. The molecule has 3 rings (SSSR count). The van der Waals surface area contributed by atoms with Crippen molar-refractivity contribution in [3.05, 3.63) is 54.6 Å². The number of methoxy groups -OCH3 is 1. The molecular formula is C21H25NO6S. The zero-order valence-electron chi connectivity index (χ0n) is 16.2. The molecule has 0 aromatic heterocycles. The smallest absolute Gasteiger partial charge is 0.306 e. The van der Waals surface area contributed by atoms with Gasteiger partial charge in [-0.3, -0.25) is 9.69 Å². The third kappa shape index (κ3) is 5.07. The van der Waals surface area contributed by atoms with Gasteiger partial charge in [-0.1, -0.05) is 18.2 Å². The third-order valence-corrected chi connectivity index (χ3v) is 7.28. The number of para-hydroxylation sites is 1. The SMILES string of the molecule is COc1ccc(S(=O)(=O)C2CC(C(=O)O)CCN2CCOc2ccccc2)cc1. The van der Waals surface area contributed by atoms with Crippen molar-refractivity contribution in [3.63, 3.8) is 0 Å². The van der Waals surface area contributed by atoms with E-state index in [0.29, 0.717) is 37.6 Å². The molecule has 0 saturated carbocycles. The number of carbonyl (C=O) groups is 1. The van der Waals surface area contributed by atoms with E-state index in [1.165, 1.54) is 19.2 Å². The maximum Gasteiger partial charge on any atom is 0.306 e. The summed E-state index contributed by atoms with van der Waals surface area (Å²) in [5.74, 6) is -0.369. The summed E-state index contributed by atoms with van der Waals surface area (Å²) in [6.45, 7) is 1.09. The molecule has 1 fully saturated rings. The summed E-state index contributed by atoms with van der Waals surface area (Å²) in [5, 5.41) is 8.51. The first-order valence-electron chi connectivity index (χ1n) is 9.44. The second-order valence-corrected chi connectivity index (χ2v) is 9.04. The second-order valence-electron chi connectivity index (χ2n) is 6.93. The summed E-state index contributed by atoms with van der Waals surface area (Å²) in [6, 6.07) is 15.5. The maximum atomic E-state index is 13.3. The zero-order chi connectivity index (χ0) is 20.9. The highest BCUT2D eigenvalue weighted by Gasteiger charge is 2.40. The first-order chi connectivity index (χ1) is 13.9. The fourth-order valence-corrected chi connectivity index (χ4v) is 5.42. The average molecular weight is 419 g/mol. The summed E-state index contributed by atoms with van der Waals surface area (Å²) >= 11 is 0. The van der Waals surface area contributed by atoms with Crippen molar-refractivity contribution in [3.8, 4) is 11.5 Å². The predicted molar refractivity (Wildman–Crippen MR) is 108 cm³/mol. The Morgan fingerprint density at radius 3 is 2.41 bits per heavy atom. The van der Waals surface area contributed by atoms with E-state index in [1.807, 2.05) is 35.2 Å². The lowest BCUT2D eigenvalue weighted by Crippen LogP contribution is -2.49. The van der Waals surface area contributed by atoms with Crippen molar-refractivity contribution in [2.45, 2.75) is 23.1 Å². The van der Waals surface area contributed by atoms with E-state index in [-0.39, 0.29) is 11.3 Å². The quantitative estimate of drug-likeness (QED) is 0.703. The highest BCUT2D eigenvalue weighted by molar-refractivity contribution is 7.92. The second kappa shape index (κ2) is 9.28. The summed E-state index contributed by atoms with van der Waals surface area (Å²) in [5.41, 5.74) is 0. The van der Waals surface area contributed by atoms with Crippen LogP contribution in [0.4, 0.5) is 0 Å². The normalized spacial score (nSPS) is 20.2. The van der Waals surface area contributed by atoms with Crippen LogP contribution in [0, 0.1) is 5.92 Å². The van der Waals surface area contributed by atoms with E-state index in [4.69, 9.17) is 9.47 Å². The Morgan fingerprint density at radius 2 is 1.79 bits per heavy atom. The Kier molecular flexibility index (Phi) is 6.76. The number of benzene rings is 2. The van der Waals surface area contributed by atoms with E-state index in [0.717, 1.165) is 0 Å². The molecule has 29 heavy (non-hydrogen) atoms. The molecule has 1 aliphatic rings. The van der Waals surface area contributed by atoms with Crippen LogP contribution in [-0.4, -0.2) is 56.6 Å². The van der Waals surface area contributed by atoms with Gasteiger partial charge in [-0.15, -0.1) is 0 Å². The van der Waals surface area contributed by atoms with Crippen LogP contribution in [0.15, 0.2) is 59.5 Å². The molecule has 1 heterocycles. The van der Waals surface area contributed by atoms with Crippen LogP contribution in [0.3, 0.4) is 0 Å². The van der Waals surface area contributed by atoms with Gasteiger partial charge in [0.15, 0.2) is 9.84 Å². The molecule has 2 aromatic carbocycles. The van der Waals surface area contributed by atoms with Gasteiger partial charge in [-0.2, -0.15) is 0 Å². The molecule has 2 unspecified atom stereocenters. The van der Waals surface area contributed by atoms with Crippen molar-refractivity contribution in [1.82, 2.24) is 4.90 Å². The Balaban J connectivity index is 1.77. The number of hydrogen-bond acceptors (Lipinski definition) is 6. The fraction of sp³-hybridized carbons (Fsp3) is 0.381.